The van der Waals surface area contributed by atoms with Crippen molar-refractivity contribution in [3.05, 3.63) is 12.2 Å². The normalized spacial score (nSPS) is 12.9. The monoisotopic (exact) mass is 1210 g/mol. The van der Waals surface area contributed by atoms with Crippen molar-refractivity contribution >= 4 is 19.8 Å². The first kappa shape index (κ1) is 82.8. The molecule has 0 aliphatic carbocycles. The van der Waals surface area contributed by atoms with Crippen molar-refractivity contribution in [1.29, 1.82) is 0 Å². The van der Waals surface area contributed by atoms with Gasteiger partial charge in [0.1, 0.15) is 6.61 Å². The summed E-state index contributed by atoms with van der Waals surface area (Å²) in [7, 11) is -4.39. The molecule has 0 aromatic rings. The van der Waals surface area contributed by atoms with Gasteiger partial charge in [0.05, 0.1) is 13.2 Å². The third-order valence-corrected chi connectivity index (χ3v) is 18.4. The molecule has 84 heavy (non-hydrogen) atoms. The van der Waals surface area contributed by atoms with Crippen molar-refractivity contribution in [2.24, 2.45) is 5.73 Å². The zero-order chi connectivity index (χ0) is 60.9. The van der Waals surface area contributed by atoms with E-state index in [4.69, 9.17) is 24.3 Å². The van der Waals surface area contributed by atoms with Crippen LogP contribution in [0.4, 0.5) is 0 Å². The van der Waals surface area contributed by atoms with E-state index in [0.717, 1.165) is 32.1 Å². The average Bonchev–Trinajstić information content (AvgIpc) is 3.58. The van der Waals surface area contributed by atoms with E-state index in [2.05, 4.69) is 26.0 Å². The number of phosphoric ester groups is 1. The average molecular weight is 1210 g/mol. The number of rotatable bonds is 73. The Morgan fingerprint density at radius 3 is 0.845 bits per heavy atom. The molecule has 0 spiro atoms. The Bertz CT molecular complexity index is 1380. The van der Waals surface area contributed by atoms with Gasteiger partial charge in [0.2, 0.25) is 0 Å². The van der Waals surface area contributed by atoms with Crippen LogP contribution in [0.15, 0.2) is 12.2 Å². The number of hydrogen-bond donors (Lipinski definition) is 2. The van der Waals surface area contributed by atoms with E-state index in [-0.39, 0.29) is 38.6 Å². The van der Waals surface area contributed by atoms with Gasteiger partial charge >= 0.3 is 19.8 Å². The Balaban J connectivity index is 3.76. The SMILES string of the molecule is CCCCCCCCCC/C=C\CCCCCCCCCCCCCCCCCCCC(=O)OC(COC(=O)CCCCCCCCCCCCCCCCCCCCCCCCCCCCCCCCCCCC)COP(=O)(O)OCCN. The molecule has 0 rings (SSSR count). The highest BCUT2D eigenvalue weighted by atomic mass is 31.2. The number of unbranched alkanes of at least 4 members (excludes halogenated alkanes) is 58. The Labute approximate surface area is 523 Å². The third kappa shape index (κ3) is 69.8. The minimum atomic E-state index is -4.39. The number of carbonyl (C=O) groups excluding carboxylic acids is 2. The predicted octanol–water partition coefficient (Wildman–Crippen LogP) is 24.7. The van der Waals surface area contributed by atoms with Crippen molar-refractivity contribution in [2.75, 3.05) is 26.4 Å². The number of phosphoric acid groups is 1. The zero-order valence-corrected chi connectivity index (χ0v) is 57.3. The van der Waals surface area contributed by atoms with E-state index < -0.39 is 26.5 Å². The van der Waals surface area contributed by atoms with E-state index in [1.54, 1.807) is 0 Å². The number of carbonyl (C=O) groups is 2. The highest BCUT2D eigenvalue weighted by molar-refractivity contribution is 7.47. The molecular formula is C74H146NO8P. The van der Waals surface area contributed by atoms with Gasteiger partial charge in [0.15, 0.2) is 6.10 Å². The van der Waals surface area contributed by atoms with Gasteiger partial charge in [-0.2, -0.15) is 0 Å². The van der Waals surface area contributed by atoms with E-state index >= 15 is 0 Å². The second kappa shape index (κ2) is 70.8. The Morgan fingerprint density at radius 1 is 0.345 bits per heavy atom. The van der Waals surface area contributed by atoms with Crippen molar-refractivity contribution in [3.8, 4) is 0 Å². The molecule has 2 atom stereocenters. The molecule has 9 nitrogen and oxygen atoms in total. The van der Waals surface area contributed by atoms with Crippen LogP contribution in [0.1, 0.15) is 418 Å². The largest absolute Gasteiger partial charge is 0.472 e. The van der Waals surface area contributed by atoms with Gasteiger partial charge in [0, 0.05) is 19.4 Å². The lowest BCUT2D eigenvalue weighted by Crippen LogP contribution is -2.29. The van der Waals surface area contributed by atoms with Crippen LogP contribution >= 0.6 is 7.82 Å². The molecule has 0 heterocycles. The van der Waals surface area contributed by atoms with Crippen LogP contribution in [0.25, 0.3) is 0 Å². The van der Waals surface area contributed by atoms with E-state index in [1.165, 1.54) is 353 Å². The Kier molecular flexibility index (Phi) is 69.8. The molecule has 0 saturated heterocycles. The van der Waals surface area contributed by atoms with E-state index in [9.17, 15) is 19.0 Å². The molecule has 2 unspecified atom stereocenters. The standard InChI is InChI=1S/C74H146NO8P/c1-3-5-7-9-11-13-15-17-19-21-23-25-27-29-31-33-34-35-36-37-39-40-42-44-46-48-50-52-54-56-58-60-62-64-66-73(76)80-70-72(71-82-84(78,79)81-69-68-75)83-74(77)67-65-63-61-59-57-55-53-51-49-47-45-43-41-38-32-30-28-26-24-22-20-18-16-14-12-10-8-6-4-2/h22,24,72H,3-21,23,25-71,75H2,1-2H3,(H,78,79)/b24-22-. The molecule has 0 aliphatic heterocycles. The Hall–Kier alpha value is -1.25. The number of esters is 2. The summed E-state index contributed by atoms with van der Waals surface area (Å²) in [6.07, 6.45) is 86.3. The molecule has 10 heteroatoms. The molecule has 3 N–H and O–H groups in total. The van der Waals surface area contributed by atoms with E-state index in [0.29, 0.717) is 6.42 Å². The minimum absolute atomic E-state index is 0.0578. The molecule has 0 bridgehead atoms. The zero-order valence-electron chi connectivity index (χ0n) is 56.4. The molecule has 0 aromatic carbocycles. The first-order valence-electron chi connectivity index (χ1n) is 37.7. The summed E-state index contributed by atoms with van der Waals surface area (Å²) in [6, 6.07) is 0. The van der Waals surface area contributed by atoms with Gasteiger partial charge < -0.3 is 20.1 Å². The molecular weight excluding hydrogens is 1060 g/mol. The van der Waals surface area contributed by atoms with Crippen LogP contribution in [0, 0.1) is 0 Å². The second-order valence-electron chi connectivity index (χ2n) is 25.9. The summed E-state index contributed by atoms with van der Waals surface area (Å²) < 4.78 is 33.2. The number of nitrogens with two attached hydrogens (primary N) is 1. The summed E-state index contributed by atoms with van der Waals surface area (Å²) in [5.41, 5.74) is 5.41. The highest BCUT2D eigenvalue weighted by Gasteiger charge is 2.26. The van der Waals surface area contributed by atoms with Gasteiger partial charge in [-0.1, -0.05) is 379 Å². The van der Waals surface area contributed by atoms with Crippen LogP contribution in [0.2, 0.25) is 0 Å². The summed E-state index contributed by atoms with van der Waals surface area (Å²) in [6.45, 7) is 3.84. The number of ether oxygens (including phenoxy) is 2. The lowest BCUT2D eigenvalue weighted by atomic mass is 10.0. The second-order valence-corrected chi connectivity index (χ2v) is 27.3. The number of hydrogen-bond acceptors (Lipinski definition) is 8. The summed E-state index contributed by atoms with van der Waals surface area (Å²) in [5.74, 6) is -0.799. The fourth-order valence-electron chi connectivity index (χ4n) is 11.8. The van der Waals surface area contributed by atoms with Crippen molar-refractivity contribution in [1.82, 2.24) is 0 Å². The van der Waals surface area contributed by atoms with Crippen molar-refractivity contribution in [3.63, 3.8) is 0 Å². The third-order valence-electron chi connectivity index (χ3n) is 17.4. The summed E-state index contributed by atoms with van der Waals surface area (Å²) >= 11 is 0. The molecule has 0 radical (unpaired) electrons. The Morgan fingerprint density at radius 2 is 0.583 bits per heavy atom. The maximum absolute atomic E-state index is 12.8. The fourth-order valence-corrected chi connectivity index (χ4v) is 12.6. The van der Waals surface area contributed by atoms with Gasteiger partial charge in [0.25, 0.3) is 0 Å². The van der Waals surface area contributed by atoms with Gasteiger partial charge in [-0.05, 0) is 38.5 Å². The molecule has 0 saturated carbocycles. The molecule has 0 fully saturated rings. The summed E-state index contributed by atoms with van der Waals surface area (Å²) in [5, 5.41) is 0. The van der Waals surface area contributed by atoms with Crippen LogP contribution in [0.3, 0.4) is 0 Å². The van der Waals surface area contributed by atoms with Crippen LogP contribution < -0.4 is 5.73 Å². The smallest absolute Gasteiger partial charge is 0.462 e. The lowest BCUT2D eigenvalue weighted by molar-refractivity contribution is -0.161. The molecule has 0 aromatic heterocycles. The quantitative estimate of drug-likeness (QED) is 0.0264. The van der Waals surface area contributed by atoms with Gasteiger partial charge in [-0.15, -0.1) is 0 Å². The maximum Gasteiger partial charge on any atom is 0.472 e. The molecule has 500 valence electrons. The van der Waals surface area contributed by atoms with Gasteiger partial charge in [-0.25, -0.2) is 4.57 Å². The van der Waals surface area contributed by atoms with Crippen LogP contribution in [0.5, 0.6) is 0 Å². The minimum Gasteiger partial charge on any atom is -0.462 e. The highest BCUT2D eigenvalue weighted by Crippen LogP contribution is 2.43. The topological polar surface area (TPSA) is 134 Å². The van der Waals surface area contributed by atoms with E-state index in [1.807, 2.05) is 0 Å². The predicted molar refractivity (Wildman–Crippen MR) is 363 cm³/mol. The first-order chi connectivity index (χ1) is 41.3. The molecule has 0 aliphatic rings. The maximum atomic E-state index is 12.8. The van der Waals surface area contributed by atoms with Crippen LogP contribution in [-0.2, 0) is 32.7 Å². The van der Waals surface area contributed by atoms with Crippen molar-refractivity contribution < 1.29 is 37.6 Å². The van der Waals surface area contributed by atoms with Crippen LogP contribution in [-0.4, -0.2) is 49.3 Å². The molecule has 0 amide bonds. The van der Waals surface area contributed by atoms with Gasteiger partial charge in [-0.3, -0.25) is 18.6 Å². The first-order valence-corrected chi connectivity index (χ1v) is 39.2. The number of allylic oxidation sites excluding steroid dienone is 2. The van der Waals surface area contributed by atoms with Crippen molar-refractivity contribution in [2.45, 2.75) is 424 Å². The lowest BCUT2D eigenvalue weighted by Gasteiger charge is -2.19. The summed E-state index contributed by atoms with van der Waals surface area (Å²) in [4.78, 5) is 35.4. The fraction of sp³-hybridized carbons (Fsp3) is 0.946.